The highest BCUT2D eigenvalue weighted by Gasteiger charge is 2.20. The predicted octanol–water partition coefficient (Wildman–Crippen LogP) is 3.24. The Labute approximate surface area is 123 Å². The Kier molecular flexibility index (Phi) is 4.82. The summed E-state index contributed by atoms with van der Waals surface area (Å²) in [5.41, 5.74) is 2.49. The molecule has 4 heteroatoms. The van der Waals surface area contributed by atoms with E-state index >= 15 is 0 Å². The van der Waals surface area contributed by atoms with Gasteiger partial charge in [-0.05, 0) is 24.1 Å². The zero-order chi connectivity index (χ0) is 14.5. The van der Waals surface area contributed by atoms with Crippen LogP contribution in [-0.4, -0.2) is 17.7 Å². The summed E-state index contributed by atoms with van der Waals surface area (Å²) in [4.78, 5) is 12.1. The van der Waals surface area contributed by atoms with E-state index in [1.807, 2.05) is 42.5 Å². The fraction of sp³-hybridized carbons (Fsp3) is 0.188. The number of aliphatic hydroxyl groups excluding tert-OH is 1. The van der Waals surface area contributed by atoms with Gasteiger partial charge in [0.15, 0.2) is 6.10 Å². The van der Waals surface area contributed by atoms with Crippen molar-refractivity contribution in [3.63, 3.8) is 0 Å². The summed E-state index contributed by atoms with van der Waals surface area (Å²) in [6.45, 7) is 1.94. The number of carbonyl (C=O) groups is 1. The average Bonchev–Trinajstić information content (AvgIpc) is 2.47. The Bertz CT molecular complexity index is 596. The van der Waals surface area contributed by atoms with Crippen molar-refractivity contribution in [1.29, 1.82) is 0 Å². The summed E-state index contributed by atoms with van der Waals surface area (Å²) in [5.74, 6) is -0.657. The van der Waals surface area contributed by atoms with Crippen LogP contribution in [0.5, 0.6) is 0 Å². The van der Waals surface area contributed by atoms with Crippen molar-refractivity contribution in [3.05, 3.63) is 54.1 Å². The van der Waals surface area contributed by atoms with E-state index in [0.717, 1.165) is 11.1 Å². The van der Waals surface area contributed by atoms with Crippen LogP contribution in [0.3, 0.4) is 0 Å². The molecule has 0 heterocycles. The van der Waals surface area contributed by atoms with Gasteiger partial charge in [0, 0.05) is 10.5 Å². The minimum absolute atomic E-state index is 0.236. The largest absolute Gasteiger partial charge is 0.464 e. The van der Waals surface area contributed by atoms with Crippen LogP contribution in [0.25, 0.3) is 11.1 Å². The lowest BCUT2D eigenvalue weighted by Crippen LogP contribution is -2.15. The quantitative estimate of drug-likeness (QED) is 0.670. The number of aliphatic hydroxyl groups is 1. The van der Waals surface area contributed by atoms with E-state index < -0.39 is 12.1 Å². The third-order valence-corrected chi connectivity index (χ3v) is 3.33. The second-order valence-corrected chi connectivity index (χ2v) is 4.78. The van der Waals surface area contributed by atoms with Gasteiger partial charge in [0.05, 0.1) is 6.61 Å². The van der Waals surface area contributed by atoms with E-state index in [4.69, 9.17) is 4.74 Å². The topological polar surface area (TPSA) is 46.5 Å². The van der Waals surface area contributed by atoms with Crippen LogP contribution in [0, 0.1) is 0 Å². The van der Waals surface area contributed by atoms with Crippen LogP contribution >= 0.6 is 12.6 Å². The summed E-state index contributed by atoms with van der Waals surface area (Å²) >= 11 is 4.35. The van der Waals surface area contributed by atoms with Gasteiger partial charge in [-0.3, -0.25) is 0 Å². The number of benzene rings is 2. The molecule has 0 fully saturated rings. The molecule has 0 aromatic heterocycles. The molecule has 0 amide bonds. The van der Waals surface area contributed by atoms with E-state index in [-0.39, 0.29) is 6.61 Å². The normalized spacial score (nSPS) is 11.9. The molecular weight excluding hydrogens is 272 g/mol. The lowest BCUT2D eigenvalue weighted by molar-refractivity contribution is -0.153. The minimum atomic E-state index is -1.30. The lowest BCUT2D eigenvalue weighted by Gasteiger charge is -2.13. The molecular formula is C16H16O3S. The molecule has 20 heavy (non-hydrogen) atoms. The van der Waals surface area contributed by atoms with Crippen molar-refractivity contribution in [1.82, 2.24) is 0 Å². The first kappa shape index (κ1) is 14.6. The Hall–Kier alpha value is -1.78. The van der Waals surface area contributed by atoms with Gasteiger partial charge < -0.3 is 9.84 Å². The average molecular weight is 288 g/mol. The SMILES string of the molecule is CCOC(=O)C(O)c1ccc(-c2ccccc2)cc1S. The van der Waals surface area contributed by atoms with E-state index in [2.05, 4.69) is 12.6 Å². The van der Waals surface area contributed by atoms with Gasteiger partial charge in [0.1, 0.15) is 0 Å². The van der Waals surface area contributed by atoms with Gasteiger partial charge in [-0.15, -0.1) is 12.6 Å². The smallest absolute Gasteiger partial charge is 0.339 e. The molecule has 0 aliphatic carbocycles. The van der Waals surface area contributed by atoms with Crippen molar-refractivity contribution in [2.24, 2.45) is 0 Å². The number of esters is 1. The van der Waals surface area contributed by atoms with E-state index in [9.17, 15) is 9.90 Å². The van der Waals surface area contributed by atoms with Crippen molar-refractivity contribution >= 4 is 18.6 Å². The third-order valence-electron chi connectivity index (χ3n) is 2.94. The highest BCUT2D eigenvalue weighted by molar-refractivity contribution is 7.80. The molecule has 0 aliphatic heterocycles. The highest BCUT2D eigenvalue weighted by Crippen LogP contribution is 2.28. The lowest BCUT2D eigenvalue weighted by atomic mass is 10.0. The zero-order valence-corrected chi connectivity index (χ0v) is 12.0. The fourth-order valence-corrected chi connectivity index (χ4v) is 2.27. The number of ether oxygens (including phenoxy) is 1. The van der Waals surface area contributed by atoms with Crippen molar-refractivity contribution in [3.8, 4) is 11.1 Å². The van der Waals surface area contributed by atoms with Crippen LogP contribution < -0.4 is 0 Å². The maximum atomic E-state index is 11.5. The van der Waals surface area contributed by atoms with Crippen molar-refractivity contribution in [2.45, 2.75) is 17.9 Å². The molecule has 3 nitrogen and oxygen atoms in total. The van der Waals surface area contributed by atoms with E-state index in [1.54, 1.807) is 13.0 Å². The van der Waals surface area contributed by atoms with Gasteiger partial charge in [-0.1, -0.05) is 42.5 Å². The molecule has 0 spiro atoms. The Morgan fingerprint density at radius 2 is 1.90 bits per heavy atom. The van der Waals surface area contributed by atoms with Crippen molar-refractivity contribution in [2.75, 3.05) is 6.61 Å². The van der Waals surface area contributed by atoms with Crippen LogP contribution in [0.1, 0.15) is 18.6 Å². The first-order chi connectivity index (χ1) is 9.63. The summed E-state index contributed by atoms with van der Waals surface area (Å²) in [7, 11) is 0. The monoisotopic (exact) mass is 288 g/mol. The number of carbonyl (C=O) groups excluding carboxylic acids is 1. The molecule has 2 aromatic rings. The Morgan fingerprint density at radius 1 is 1.20 bits per heavy atom. The molecule has 0 radical (unpaired) electrons. The molecule has 0 saturated heterocycles. The first-order valence-electron chi connectivity index (χ1n) is 6.36. The molecule has 2 aromatic carbocycles. The molecule has 104 valence electrons. The maximum Gasteiger partial charge on any atom is 0.339 e. The minimum Gasteiger partial charge on any atom is -0.464 e. The standard InChI is InChI=1S/C16H16O3S/c1-2-19-16(18)15(17)13-9-8-12(10-14(13)20)11-6-4-3-5-7-11/h3-10,15,17,20H,2H2,1H3. The van der Waals surface area contributed by atoms with Gasteiger partial charge in [0.25, 0.3) is 0 Å². The zero-order valence-electron chi connectivity index (χ0n) is 11.1. The van der Waals surface area contributed by atoms with Crippen molar-refractivity contribution < 1.29 is 14.6 Å². The molecule has 0 saturated carbocycles. The van der Waals surface area contributed by atoms with Gasteiger partial charge >= 0.3 is 5.97 Å². The highest BCUT2D eigenvalue weighted by atomic mass is 32.1. The van der Waals surface area contributed by atoms with E-state index in [0.29, 0.717) is 10.5 Å². The van der Waals surface area contributed by atoms with Crippen LogP contribution in [0.4, 0.5) is 0 Å². The second kappa shape index (κ2) is 6.59. The number of hydrogen-bond acceptors (Lipinski definition) is 4. The Balaban J connectivity index is 2.29. The molecule has 0 bridgehead atoms. The van der Waals surface area contributed by atoms with E-state index in [1.165, 1.54) is 0 Å². The van der Waals surface area contributed by atoms with Crippen LogP contribution in [-0.2, 0) is 9.53 Å². The third kappa shape index (κ3) is 3.21. The van der Waals surface area contributed by atoms with Crippen LogP contribution in [0.2, 0.25) is 0 Å². The predicted molar refractivity (Wildman–Crippen MR) is 80.7 cm³/mol. The fourth-order valence-electron chi connectivity index (χ4n) is 1.93. The van der Waals surface area contributed by atoms with Gasteiger partial charge in [-0.2, -0.15) is 0 Å². The van der Waals surface area contributed by atoms with Gasteiger partial charge in [-0.25, -0.2) is 4.79 Å². The first-order valence-corrected chi connectivity index (χ1v) is 6.81. The number of thiol groups is 1. The summed E-state index contributed by atoms with van der Waals surface area (Å²) in [5, 5.41) is 9.94. The molecule has 0 aliphatic rings. The molecule has 1 atom stereocenters. The molecule has 1 unspecified atom stereocenters. The number of rotatable bonds is 4. The maximum absolute atomic E-state index is 11.5. The van der Waals surface area contributed by atoms with Crippen LogP contribution in [0.15, 0.2) is 53.4 Å². The summed E-state index contributed by atoms with van der Waals surface area (Å²) in [6.07, 6.45) is -1.30. The second-order valence-electron chi connectivity index (χ2n) is 4.29. The summed E-state index contributed by atoms with van der Waals surface area (Å²) < 4.78 is 4.81. The Morgan fingerprint density at radius 3 is 2.50 bits per heavy atom. The molecule has 1 N–H and O–H groups in total. The molecule has 2 rings (SSSR count). The summed E-state index contributed by atoms with van der Waals surface area (Å²) in [6, 6.07) is 15.2. The van der Waals surface area contributed by atoms with Gasteiger partial charge in [0.2, 0.25) is 0 Å². The number of hydrogen-bond donors (Lipinski definition) is 2.